The molecule has 57 heavy (non-hydrogen) atoms. The predicted octanol–water partition coefficient (Wildman–Crippen LogP) is 8.52. The van der Waals surface area contributed by atoms with Gasteiger partial charge >= 0.3 is 6.16 Å². The number of carbonyl (C=O) groups excluding carboxylic acids is 1. The van der Waals surface area contributed by atoms with Crippen molar-refractivity contribution in [2.24, 2.45) is 23.2 Å². The Morgan fingerprint density at radius 2 is 1.82 bits per heavy atom. The summed E-state index contributed by atoms with van der Waals surface area (Å²) < 4.78 is 21.1. The van der Waals surface area contributed by atoms with Gasteiger partial charge in [-0.1, -0.05) is 35.6 Å². The Morgan fingerprint density at radius 3 is 2.63 bits per heavy atom. The number of hydrogen-bond donors (Lipinski definition) is 2. The topological polar surface area (TPSA) is 141 Å². The normalized spacial score (nSPS) is 25.5. The van der Waals surface area contributed by atoms with Gasteiger partial charge in [0.15, 0.2) is 5.13 Å². The number of rotatable bonds is 10. The number of amides is 1. The summed E-state index contributed by atoms with van der Waals surface area (Å²) in [6.45, 7) is 6.47. The third-order valence-electron chi connectivity index (χ3n) is 13.4. The van der Waals surface area contributed by atoms with Gasteiger partial charge in [-0.2, -0.15) is 10.1 Å². The molecule has 0 radical (unpaired) electrons. The maximum absolute atomic E-state index is 13.6. The molecule has 2 N–H and O–H groups in total. The Bertz CT molecular complexity index is 2300. The number of carbonyl (C=O) groups is 2. The molecule has 2 aromatic carbocycles. The van der Waals surface area contributed by atoms with Crippen LogP contribution in [0.15, 0.2) is 60.8 Å². The highest BCUT2D eigenvalue weighted by molar-refractivity contribution is 7.22. The highest BCUT2D eigenvalue weighted by atomic mass is 32.1. The molecule has 4 saturated carbocycles. The first-order chi connectivity index (χ1) is 27.7. The van der Waals surface area contributed by atoms with Gasteiger partial charge in [0, 0.05) is 55.2 Å². The average Bonchev–Trinajstić information content (AvgIpc) is 3.77. The molecule has 11 rings (SSSR count). The van der Waals surface area contributed by atoms with Crippen LogP contribution in [0.2, 0.25) is 0 Å². The lowest BCUT2D eigenvalue weighted by Gasteiger charge is -2.62. The monoisotopic (exact) mass is 788 g/mol. The van der Waals surface area contributed by atoms with Gasteiger partial charge in [-0.3, -0.25) is 14.8 Å². The van der Waals surface area contributed by atoms with E-state index in [4.69, 9.17) is 24.3 Å². The van der Waals surface area contributed by atoms with Crippen LogP contribution in [0.1, 0.15) is 78.5 Å². The molecule has 5 fully saturated rings. The Kier molecular flexibility index (Phi) is 9.29. The van der Waals surface area contributed by atoms with Crippen molar-refractivity contribution in [1.29, 1.82) is 0 Å². The molecule has 296 valence electrons. The lowest BCUT2D eigenvalue weighted by Crippen LogP contribution is -2.58. The molecule has 4 bridgehead atoms. The number of aromatic nitrogens is 4. The lowest BCUT2D eigenvalue weighted by atomic mass is 9.48. The molecule has 5 heterocycles. The van der Waals surface area contributed by atoms with Crippen LogP contribution in [0.4, 0.5) is 15.7 Å². The van der Waals surface area contributed by atoms with Gasteiger partial charge in [-0.25, -0.2) is 9.78 Å². The van der Waals surface area contributed by atoms with Crippen LogP contribution < -0.4 is 15.0 Å². The van der Waals surface area contributed by atoms with Crippen molar-refractivity contribution in [3.8, 4) is 17.0 Å². The molecule has 0 spiro atoms. The van der Waals surface area contributed by atoms with Crippen molar-refractivity contribution in [3.63, 3.8) is 0 Å². The Balaban J connectivity index is 0.880. The van der Waals surface area contributed by atoms with E-state index in [1.54, 1.807) is 0 Å². The number of para-hydroxylation sites is 1. The Labute approximate surface area is 335 Å². The highest BCUT2D eigenvalue weighted by Gasteiger charge is 2.58. The smallest absolute Gasteiger partial charge is 0.449 e. The number of anilines is 2. The van der Waals surface area contributed by atoms with Crippen molar-refractivity contribution in [3.05, 3.63) is 83.2 Å². The van der Waals surface area contributed by atoms with Crippen molar-refractivity contribution < 1.29 is 28.9 Å². The quantitative estimate of drug-likeness (QED) is 0.132. The molecule has 2 aliphatic heterocycles. The zero-order chi connectivity index (χ0) is 38.7. The van der Waals surface area contributed by atoms with Gasteiger partial charge in [0.05, 0.1) is 28.6 Å². The van der Waals surface area contributed by atoms with Crippen LogP contribution >= 0.6 is 11.3 Å². The van der Waals surface area contributed by atoms with E-state index in [9.17, 15) is 14.7 Å². The summed E-state index contributed by atoms with van der Waals surface area (Å²) in [5.41, 5.74) is 5.87. The van der Waals surface area contributed by atoms with Crippen LogP contribution in [0.5, 0.6) is 5.88 Å². The van der Waals surface area contributed by atoms with Gasteiger partial charge in [-0.05, 0) is 129 Å². The summed E-state index contributed by atoms with van der Waals surface area (Å²) in [4.78, 5) is 37.2. The van der Waals surface area contributed by atoms with Crippen molar-refractivity contribution >= 4 is 44.6 Å². The summed E-state index contributed by atoms with van der Waals surface area (Å²) in [7, 11) is 0. The largest absolute Gasteiger partial charge is 0.512 e. The van der Waals surface area contributed by atoms with Crippen LogP contribution in [0.25, 0.3) is 21.3 Å². The first-order valence-electron chi connectivity index (χ1n) is 20.4. The van der Waals surface area contributed by atoms with E-state index in [1.807, 2.05) is 54.7 Å². The summed E-state index contributed by atoms with van der Waals surface area (Å²) in [5.74, 6) is 2.34. The fourth-order valence-electron chi connectivity index (χ4n) is 11.2. The Hall–Kier alpha value is -4.85. The highest BCUT2D eigenvalue weighted by Crippen LogP contribution is 2.63. The minimum absolute atomic E-state index is 0.0191. The van der Waals surface area contributed by atoms with E-state index in [-0.39, 0.29) is 22.8 Å². The molecule has 2 atom stereocenters. The second-order valence-corrected chi connectivity index (χ2v) is 18.3. The van der Waals surface area contributed by atoms with Gasteiger partial charge in [0.25, 0.3) is 5.91 Å². The third kappa shape index (κ3) is 7.08. The van der Waals surface area contributed by atoms with Crippen molar-refractivity contribution in [1.82, 2.24) is 19.7 Å². The number of nitrogens with zero attached hydrogens (tertiary/aromatic N) is 5. The SMILES string of the molecule is Cc1c(-c2ccc(N3CCc4cccc(C(=O)Nc5nc6ccccc6s5)c4C3)nc2OC(=O)O)cnn1CC12CC3CC(C1)CC(OCC1CCOCC1)(C3)C2. The molecule has 6 aliphatic rings. The van der Waals surface area contributed by atoms with E-state index < -0.39 is 6.16 Å². The van der Waals surface area contributed by atoms with Gasteiger partial charge in [-0.15, -0.1) is 0 Å². The summed E-state index contributed by atoms with van der Waals surface area (Å²) in [6, 6.07) is 17.4. The molecule has 12 nitrogen and oxygen atoms in total. The van der Waals surface area contributed by atoms with E-state index in [0.717, 1.165) is 78.2 Å². The second kappa shape index (κ2) is 14.5. The molecular formula is C44H48N6O6S. The second-order valence-electron chi connectivity index (χ2n) is 17.3. The van der Waals surface area contributed by atoms with Gasteiger partial charge in [0.2, 0.25) is 5.88 Å². The fraction of sp³-hybridized carbons (Fsp3) is 0.477. The number of fused-ring (bicyclic) bond motifs is 2. The van der Waals surface area contributed by atoms with Gasteiger partial charge in [0.1, 0.15) is 5.82 Å². The molecule has 4 aliphatic carbocycles. The number of carboxylic acid groups (broad SMARTS) is 1. The third-order valence-corrected chi connectivity index (χ3v) is 14.3. The zero-order valence-corrected chi connectivity index (χ0v) is 33.1. The van der Waals surface area contributed by atoms with Crippen molar-refractivity contribution in [2.45, 2.75) is 83.4 Å². The lowest BCUT2D eigenvalue weighted by molar-refractivity contribution is -0.204. The number of pyridine rings is 1. The standard InChI is InChI=1S/C44H48N6O6S/c1-27-34(22-45-50(27)26-43-18-29-17-30(19-43)21-44(20-29,25-43)55-24-28-12-15-54-16-13-28)33-9-10-38(47-40(33)56-42(52)53)49-14-11-31-5-4-6-32(35(31)23-49)39(51)48-41-46-36-7-2-3-8-37(36)57-41/h2-10,22,28-30H,11-21,23-26H2,1H3,(H,52,53)(H,46,48,51). The van der Waals surface area contributed by atoms with E-state index in [1.165, 1.54) is 43.4 Å². The number of ether oxygens (including phenoxy) is 3. The van der Waals surface area contributed by atoms with E-state index in [0.29, 0.717) is 59.3 Å². The maximum Gasteiger partial charge on any atom is 0.512 e. The zero-order valence-electron chi connectivity index (χ0n) is 32.2. The number of hydrogen-bond acceptors (Lipinski definition) is 10. The first kappa shape index (κ1) is 36.5. The minimum atomic E-state index is -1.43. The van der Waals surface area contributed by atoms with Crippen LogP contribution in [-0.4, -0.2) is 68.9 Å². The number of nitrogens with one attached hydrogen (secondary N) is 1. The number of benzene rings is 2. The molecule has 13 heteroatoms. The summed E-state index contributed by atoms with van der Waals surface area (Å²) in [5, 5.41) is 18.3. The van der Waals surface area contributed by atoms with Crippen LogP contribution in [0.3, 0.4) is 0 Å². The predicted molar refractivity (Wildman–Crippen MR) is 217 cm³/mol. The molecule has 2 unspecified atom stereocenters. The molecular weight excluding hydrogens is 741 g/mol. The first-order valence-corrected chi connectivity index (χ1v) is 21.2. The minimum Gasteiger partial charge on any atom is -0.449 e. The van der Waals surface area contributed by atoms with Gasteiger partial charge < -0.3 is 24.2 Å². The Morgan fingerprint density at radius 1 is 1.00 bits per heavy atom. The molecule has 1 amide bonds. The number of thiazole rings is 1. The maximum atomic E-state index is 13.6. The summed E-state index contributed by atoms with van der Waals surface area (Å²) in [6.07, 6.45) is 10.4. The average molecular weight is 789 g/mol. The molecule has 5 aromatic rings. The fourth-order valence-corrected chi connectivity index (χ4v) is 12.0. The molecule has 1 saturated heterocycles. The van der Waals surface area contributed by atoms with E-state index >= 15 is 0 Å². The van der Waals surface area contributed by atoms with E-state index in [2.05, 4.69) is 32.9 Å². The van der Waals surface area contributed by atoms with Crippen LogP contribution in [0, 0.1) is 30.1 Å². The molecule has 3 aromatic heterocycles. The summed E-state index contributed by atoms with van der Waals surface area (Å²) >= 11 is 1.44. The van der Waals surface area contributed by atoms with Crippen molar-refractivity contribution in [2.75, 3.05) is 36.6 Å². The van der Waals surface area contributed by atoms with Crippen LogP contribution in [-0.2, 0) is 29.0 Å².